The van der Waals surface area contributed by atoms with Gasteiger partial charge in [-0.15, -0.1) is 0 Å². The molecular weight excluding hydrogens is 156 g/mol. The zero-order valence-electron chi connectivity index (χ0n) is 7.95. The zero-order valence-corrected chi connectivity index (χ0v) is 7.95. The summed E-state index contributed by atoms with van der Waals surface area (Å²) >= 11 is 0. The molecule has 0 aromatic heterocycles. The standard InChI is InChI=1S/C9H20O3/c1-3-4-8(2)9(5-10,6-11)7-12/h8,10-12H,3-7H2,1-2H3. The summed E-state index contributed by atoms with van der Waals surface area (Å²) in [5.74, 6) is 0.155. The molecule has 1 unspecified atom stereocenters. The van der Waals surface area contributed by atoms with Crippen molar-refractivity contribution in [2.75, 3.05) is 19.8 Å². The molecule has 0 radical (unpaired) electrons. The Hall–Kier alpha value is -0.120. The van der Waals surface area contributed by atoms with Crippen LogP contribution >= 0.6 is 0 Å². The minimum absolute atomic E-state index is 0.152. The Morgan fingerprint density at radius 1 is 1.08 bits per heavy atom. The van der Waals surface area contributed by atoms with Crippen LogP contribution in [-0.4, -0.2) is 35.1 Å². The first-order valence-corrected chi connectivity index (χ1v) is 4.49. The van der Waals surface area contributed by atoms with Gasteiger partial charge in [-0.3, -0.25) is 0 Å². The second kappa shape index (κ2) is 5.51. The molecule has 3 nitrogen and oxygen atoms in total. The monoisotopic (exact) mass is 176 g/mol. The normalized spacial score (nSPS) is 14.8. The first kappa shape index (κ1) is 11.9. The molecule has 0 spiro atoms. The van der Waals surface area contributed by atoms with Gasteiger partial charge in [-0.2, -0.15) is 0 Å². The Kier molecular flexibility index (Phi) is 5.46. The fourth-order valence-corrected chi connectivity index (χ4v) is 1.36. The van der Waals surface area contributed by atoms with E-state index in [0.717, 1.165) is 12.8 Å². The van der Waals surface area contributed by atoms with E-state index in [-0.39, 0.29) is 25.7 Å². The lowest BCUT2D eigenvalue weighted by Gasteiger charge is -2.33. The van der Waals surface area contributed by atoms with Crippen molar-refractivity contribution in [3.05, 3.63) is 0 Å². The van der Waals surface area contributed by atoms with Crippen LogP contribution in [-0.2, 0) is 0 Å². The molecule has 0 heterocycles. The summed E-state index contributed by atoms with van der Waals surface area (Å²) in [6.07, 6.45) is 1.92. The van der Waals surface area contributed by atoms with Gasteiger partial charge in [0, 0.05) is 5.41 Å². The van der Waals surface area contributed by atoms with Gasteiger partial charge in [-0.1, -0.05) is 26.7 Å². The molecule has 0 aliphatic heterocycles. The molecule has 3 N–H and O–H groups in total. The molecule has 0 fully saturated rings. The van der Waals surface area contributed by atoms with Gasteiger partial charge in [-0.25, -0.2) is 0 Å². The first-order valence-electron chi connectivity index (χ1n) is 4.49. The van der Waals surface area contributed by atoms with Crippen molar-refractivity contribution in [1.82, 2.24) is 0 Å². The summed E-state index contributed by atoms with van der Waals surface area (Å²) in [4.78, 5) is 0. The van der Waals surface area contributed by atoms with Crippen LogP contribution in [0.5, 0.6) is 0 Å². The van der Waals surface area contributed by atoms with E-state index in [9.17, 15) is 0 Å². The van der Waals surface area contributed by atoms with E-state index >= 15 is 0 Å². The SMILES string of the molecule is CCCC(C)C(CO)(CO)CO. The third kappa shape index (κ3) is 2.44. The topological polar surface area (TPSA) is 60.7 Å². The van der Waals surface area contributed by atoms with Gasteiger partial charge in [0.1, 0.15) is 0 Å². The van der Waals surface area contributed by atoms with Crippen LogP contribution < -0.4 is 0 Å². The average Bonchev–Trinajstić information content (AvgIpc) is 2.09. The Morgan fingerprint density at radius 2 is 1.50 bits per heavy atom. The largest absolute Gasteiger partial charge is 0.396 e. The molecule has 3 heteroatoms. The molecule has 0 saturated carbocycles. The Labute approximate surface area is 74.0 Å². The van der Waals surface area contributed by atoms with Crippen molar-refractivity contribution in [3.63, 3.8) is 0 Å². The van der Waals surface area contributed by atoms with Gasteiger partial charge < -0.3 is 15.3 Å². The number of rotatable bonds is 6. The highest BCUT2D eigenvalue weighted by Crippen LogP contribution is 2.29. The molecular formula is C9H20O3. The third-order valence-electron chi connectivity index (χ3n) is 2.71. The van der Waals surface area contributed by atoms with E-state index in [0.29, 0.717) is 0 Å². The summed E-state index contributed by atoms with van der Waals surface area (Å²) < 4.78 is 0. The molecule has 12 heavy (non-hydrogen) atoms. The Balaban J connectivity index is 4.24. The molecule has 0 aliphatic rings. The van der Waals surface area contributed by atoms with Crippen LogP contribution in [0, 0.1) is 11.3 Å². The minimum atomic E-state index is -0.698. The summed E-state index contributed by atoms with van der Waals surface area (Å²) in [6.45, 7) is 3.54. The maximum Gasteiger partial charge on any atom is 0.0534 e. The van der Waals surface area contributed by atoms with Crippen molar-refractivity contribution in [1.29, 1.82) is 0 Å². The molecule has 0 rings (SSSR count). The smallest absolute Gasteiger partial charge is 0.0534 e. The van der Waals surface area contributed by atoms with Crippen molar-refractivity contribution in [3.8, 4) is 0 Å². The number of hydrogen-bond acceptors (Lipinski definition) is 3. The van der Waals surface area contributed by atoms with Gasteiger partial charge in [0.25, 0.3) is 0 Å². The van der Waals surface area contributed by atoms with Crippen molar-refractivity contribution < 1.29 is 15.3 Å². The first-order chi connectivity index (χ1) is 5.66. The number of hydrogen-bond donors (Lipinski definition) is 3. The van der Waals surface area contributed by atoms with Gasteiger partial charge in [-0.05, 0) is 5.92 Å². The molecule has 0 aromatic carbocycles. The zero-order chi connectivity index (χ0) is 9.61. The Morgan fingerprint density at radius 3 is 1.75 bits per heavy atom. The molecule has 0 saturated heterocycles. The lowest BCUT2D eigenvalue weighted by Crippen LogP contribution is -2.40. The predicted molar refractivity (Wildman–Crippen MR) is 47.8 cm³/mol. The maximum atomic E-state index is 9.05. The lowest BCUT2D eigenvalue weighted by atomic mass is 9.76. The minimum Gasteiger partial charge on any atom is -0.396 e. The van der Waals surface area contributed by atoms with E-state index in [1.165, 1.54) is 0 Å². The molecule has 0 aromatic rings. The van der Waals surface area contributed by atoms with Gasteiger partial charge in [0.05, 0.1) is 19.8 Å². The second-order valence-corrected chi connectivity index (χ2v) is 3.53. The highest BCUT2D eigenvalue weighted by molar-refractivity contribution is 4.82. The molecule has 1 atom stereocenters. The lowest BCUT2D eigenvalue weighted by molar-refractivity contribution is -0.0357. The molecule has 0 bridgehead atoms. The molecule has 0 amide bonds. The van der Waals surface area contributed by atoms with E-state index < -0.39 is 5.41 Å². The fourth-order valence-electron chi connectivity index (χ4n) is 1.36. The van der Waals surface area contributed by atoms with Crippen molar-refractivity contribution >= 4 is 0 Å². The van der Waals surface area contributed by atoms with Crippen molar-refractivity contribution in [2.24, 2.45) is 11.3 Å². The van der Waals surface area contributed by atoms with Gasteiger partial charge in [0.15, 0.2) is 0 Å². The second-order valence-electron chi connectivity index (χ2n) is 3.53. The highest BCUT2D eigenvalue weighted by Gasteiger charge is 2.33. The van der Waals surface area contributed by atoms with Crippen LogP contribution in [0.4, 0.5) is 0 Å². The fraction of sp³-hybridized carbons (Fsp3) is 1.00. The van der Waals surface area contributed by atoms with Gasteiger partial charge >= 0.3 is 0 Å². The van der Waals surface area contributed by atoms with Crippen LogP contribution in [0.1, 0.15) is 26.7 Å². The summed E-state index contributed by atoms with van der Waals surface area (Å²) in [5, 5.41) is 27.2. The van der Waals surface area contributed by atoms with Crippen LogP contribution in [0.25, 0.3) is 0 Å². The van der Waals surface area contributed by atoms with Crippen LogP contribution in [0.15, 0.2) is 0 Å². The quantitative estimate of drug-likeness (QED) is 0.548. The summed E-state index contributed by atoms with van der Waals surface area (Å²) in [7, 11) is 0. The van der Waals surface area contributed by atoms with Gasteiger partial charge in [0.2, 0.25) is 0 Å². The highest BCUT2D eigenvalue weighted by atomic mass is 16.3. The Bertz CT molecular complexity index is 102. The van der Waals surface area contributed by atoms with E-state index in [1.54, 1.807) is 0 Å². The summed E-state index contributed by atoms with van der Waals surface area (Å²) in [5.41, 5.74) is -0.698. The van der Waals surface area contributed by atoms with Crippen molar-refractivity contribution in [2.45, 2.75) is 26.7 Å². The number of aliphatic hydroxyl groups is 3. The van der Waals surface area contributed by atoms with Crippen LogP contribution in [0.3, 0.4) is 0 Å². The summed E-state index contributed by atoms with van der Waals surface area (Å²) in [6, 6.07) is 0. The predicted octanol–water partition coefficient (Wildman–Crippen LogP) is 0.386. The maximum absolute atomic E-state index is 9.05. The molecule has 0 aliphatic carbocycles. The number of aliphatic hydroxyl groups excluding tert-OH is 3. The molecule has 74 valence electrons. The average molecular weight is 176 g/mol. The van der Waals surface area contributed by atoms with E-state index in [2.05, 4.69) is 0 Å². The van der Waals surface area contributed by atoms with E-state index in [4.69, 9.17) is 15.3 Å². The van der Waals surface area contributed by atoms with Crippen LogP contribution in [0.2, 0.25) is 0 Å². The third-order valence-corrected chi connectivity index (χ3v) is 2.71. The van der Waals surface area contributed by atoms with E-state index in [1.807, 2.05) is 13.8 Å².